The monoisotopic (exact) mass is 272 g/mol. The molecule has 3 N–H and O–H groups in total. The first kappa shape index (κ1) is 14.3. The lowest BCUT2D eigenvalue weighted by Crippen LogP contribution is -2.37. The lowest BCUT2D eigenvalue weighted by atomic mass is 10.1. The van der Waals surface area contributed by atoms with Crippen LogP contribution in [0.3, 0.4) is 0 Å². The minimum atomic E-state index is -0.573. The minimum absolute atomic E-state index is 0.187. The summed E-state index contributed by atoms with van der Waals surface area (Å²) in [5.74, 6) is -0.187. The maximum Gasteiger partial charge on any atom is 0.241 e. The number of nitrogens with one attached hydrogen (secondary N) is 1. The smallest absolute Gasteiger partial charge is 0.241 e. The van der Waals surface area contributed by atoms with Crippen LogP contribution in [0.25, 0.3) is 0 Å². The molecule has 0 fully saturated rings. The average Bonchev–Trinajstić information content (AvgIpc) is 2.66. The second-order valence-corrected chi connectivity index (χ2v) is 4.95. The Labute approximate surface area is 118 Å². The molecular formula is C15H20N4O. The van der Waals surface area contributed by atoms with Crippen LogP contribution in [0, 0.1) is 13.8 Å². The highest BCUT2D eigenvalue weighted by Crippen LogP contribution is 2.18. The van der Waals surface area contributed by atoms with Gasteiger partial charge < -0.3 is 11.1 Å². The van der Waals surface area contributed by atoms with Gasteiger partial charge in [-0.15, -0.1) is 0 Å². The van der Waals surface area contributed by atoms with E-state index in [1.807, 2.05) is 51.2 Å². The van der Waals surface area contributed by atoms with E-state index in [2.05, 4.69) is 10.4 Å². The maximum absolute atomic E-state index is 12.2. The minimum Gasteiger partial charge on any atom is -0.322 e. The number of hydrogen-bond donors (Lipinski definition) is 2. The molecule has 0 aliphatic carbocycles. The van der Waals surface area contributed by atoms with Gasteiger partial charge >= 0.3 is 0 Å². The molecule has 20 heavy (non-hydrogen) atoms. The van der Waals surface area contributed by atoms with Gasteiger partial charge in [0.25, 0.3) is 0 Å². The topological polar surface area (TPSA) is 72.9 Å². The van der Waals surface area contributed by atoms with Crippen molar-refractivity contribution in [3.8, 4) is 0 Å². The lowest BCUT2D eigenvalue weighted by Gasteiger charge is -2.12. The van der Waals surface area contributed by atoms with Gasteiger partial charge in [0.05, 0.1) is 23.1 Å². The molecule has 1 aromatic heterocycles. The summed E-state index contributed by atoms with van der Waals surface area (Å²) in [6.07, 6.45) is 0.519. The van der Waals surface area contributed by atoms with Gasteiger partial charge in [-0.25, -0.2) is 0 Å². The van der Waals surface area contributed by atoms with Crippen molar-refractivity contribution in [1.29, 1.82) is 0 Å². The van der Waals surface area contributed by atoms with Crippen LogP contribution in [0.2, 0.25) is 0 Å². The first-order valence-electron chi connectivity index (χ1n) is 6.59. The van der Waals surface area contributed by atoms with E-state index >= 15 is 0 Å². The Hall–Kier alpha value is -2.14. The highest BCUT2D eigenvalue weighted by molar-refractivity contribution is 5.95. The molecule has 1 heterocycles. The number of rotatable bonds is 4. The Morgan fingerprint density at radius 1 is 1.35 bits per heavy atom. The van der Waals surface area contributed by atoms with Gasteiger partial charge in [-0.3, -0.25) is 9.48 Å². The quantitative estimate of drug-likeness (QED) is 0.887. The summed E-state index contributed by atoms with van der Waals surface area (Å²) in [7, 11) is 1.85. The van der Waals surface area contributed by atoms with Gasteiger partial charge in [-0.1, -0.05) is 30.3 Å². The molecule has 106 valence electrons. The van der Waals surface area contributed by atoms with E-state index < -0.39 is 6.04 Å². The van der Waals surface area contributed by atoms with E-state index in [-0.39, 0.29) is 5.91 Å². The van der Waals surface area contributed by atoms with Crippen molar-refractivity contribution in [2.24, 2.45) is 12.8 Å². The van der Waals surface area contributed by atoms with Gasteiger partial charge in [0.1, 0.15) is 0 Å². The van der Waals surface area contributed by atoms with Crippen molar-refractivity contribution in [3.63, 3.8) is 0 Å². The van der Waals surface area contributed by atoms with Gasteiger partial charge in [0.15, 0.2) is 0 Å². The fourth-order valence-corrected chi connectivity index (χ4v) is 2.13. The van der Waals surface area contributed by atoms with Crippen LogP contribution in [0.15, 0.2) is 30.3 Å². The zero-order valence-electron chi connectivity index (χ0n) is 12.1. The van der Waals surface area contributed by atoms with E-state index in [0.29, 0.717) is 6.42 Å². The number of aryl methyl sites for hydroxylation is 2. The zero-order chi connectivity index (χ0) is 14.7. The molecule has 0 aliphatic rings. The molecule has 5 heteroatoms. The summed E-state index contributed by atoms with van der Waals surface area (Å²) in [6.45, 7) is 3.78. The van der Waals surface area contributed by atoms with Gasteiger partial charge in [-0.2, -0.15) is 5.10 Å². The average molecular weight is 272 g/mol. The highest BCUT2D eigenvalue weighted by Gasteiger charge is 2.18. The fourth-order valence-electron chi connectivity index (χ4n) is 2.13. The second-order valence-electron chi connectivity index (χ2n) is 4.95. The molecule has 1 atom stereocenters. The Kier molecular flexibility index (Phi) is 4.20. The predicted molar refractivity (Wildman–Crippen MR) is 79.4 cm³/mol. The van der Waals surface area contributed by atoms with Crippen LogP contribution in [-0.2, 0) is 18.3 Å². The molecule has 0 saturated carbocycles. The van der Waals surface area contributed by atoms with Gasteiger partial charge in [0.2, 0.25) is 5.91 Å². The third-order valence-corrected chi connectivity index (χ3v) is 3.39. The molecule has 0 aliphatic heterocycles. The van der Waals surface area contributed by atoms with E-state index in [1.165, 1.54) is 0 Å². The predicted octanol–water partition coefficient (Wildman–Crippen LogP) is 1.55. The van der Waals surface area contributed by atoms with Crippen molar-refractivity contribution >= 4 is 11.6 Å². The first-order chi connectivity index (χ1) is 9.49. The highest BCUT2D eigenvalue weighted by atomic mass is 16.2. The van der Waals surface area contributed by atoms with Crippen molar-refractivity contribution < 1.29 is 4.79 Å². The van der Waals surface area contributed by atoms with Gasteiger partial charge in [0, 0.05) is 7.05 Å². The third-order valence-electron chi connectivity index (χ3n) is 3.39. The summed E-state index contributed by atoms with van der Waals surface area (Å²) in [5, 5.41) is 7.14. The molecule has 2 rings (SSSR count). The van der Waals surface area contributed by atoms with E-state index in [9.17, 15) is 4.79 Å². The molecule has 0 radical (unpaired) electrons. The number of nitrogens with zero attached hydrogens (tertiary/aromatic N) is 2. The molecule has 1 amide bonds. The Morgan fingerprint density at radius 2 is 2.00 bits per heavy atom. The number of amides is 1. The third kappa shape index (κ3) is 3.05. The van der Waals surface area contributed by atoms with Crippen molar-refractivity contribution in [1.82, 2.24) is 9.78 Å². The van der Waals surface area contributed by atoms with Crippen LogP contribution < -0.4 is 11.1 Å². The number of hydrogen-bond acceptors (Lipinski definition) is 3. The zero-order valence-corrected chi connectivity index (χ0v) is 12.1. The molecule has 1 aromatic carbocycles. The summed E-state index contributed by atoms with van der Waals surface area (Å²) in [4.78, 5) is 12.2. The summed E-state index contributed by atoms with van der Waals surface area (Å²) in [5.41, 5.74) is 9.48. The number of carbonyl (C=O) groups excluding carboxylic acids is 1. The molecule has 2 aromatic rings. The number of anilines is 1. The Balaban J connectivity index is 2.04. The summed E-state index contributed by atoms with van der Waals surface area (Å²) >= 11 is 0. The summed E-state index contributed by atoms with van der Waals surface area (Å²) < 4.78 is 1.74. The van der Waals surface area contributed by atoms with Crippen LogP contribution in [0.1, 0.15) is 17.0 Å². The number of nitrogens with two attached hydrogens (primary N) is 1. The van der Waals surface area contributed by atoms with Crippen LogP contribution in [-0.4, -0.2) is 21.7 Å². The Bertz CT molecular complexity index is 604. The molecule has 5 nitrogen and oxygen atoms in total. The number of benzene rings is 1. The molecule has 0 unspecified atom stereocenters. The largest absolute Gasteiger partial charge is 0.322 e. The molecule has 0 saturated heterocycles. The number of carbonyl (C=O) groups is 1. The van der Waals surface area contributed by atoms with Crippen LogP contribution in [0.4, 0.5) is 5.69 Å². The van der Waals surface area contributed by atoms with Crippen LogP contribution >= 0.6 is 0 Å². The Morgan fingerprint density at radius 3 is 2.55 bits per heavy atom. The standard InChI is InChI=1S/C15H20N4O/c1-10-14(11(2)19(3)18-10)17-15(20)13(16)9-12-7-5-4-6-8-12/h4-8,13H,9,16H2,1-3H3,(H,17,20)/t13-/m1/s1. The van der Waals surface area contributed by atoms with Crippen molar-refractivity contribution in [2.45, 2.75) is 26.3 Å². The normalized spacial score (nSPS) is 12.2. The second kappa shape index (κ2) is 5.88. The molecule has 0 bridgehead atoms. The summed E-state index contributed by atoms with van der Waals surface area (Å²) in [6, 6.07) is 9.18. The molecule has 0 spiro atoms. The number of aromatic nitrogens is 2. The van der Waals surface area contributed by atoms with E-state index in [4.69, 9.17) is 5.73 Å². The maximum atomic E-state index is 12.2. The van der Waals surface area contributed by atoms with E-state index in [0.717, 1.165) is 22.6 Å². The van der Waals surface area contributed by atoms with Gasteiger partial charge in [-0.05, 0) is 25.8 Å². The molecular weight excluding hydrogens is 252 g/mol. The lowest BCUT2D eigenvalue weighted by molar-refractivity contribution is -0.117. The SMILES string of the molecule is Cc1nn(C)c(C)c1NC(=O)[C@H](N)Cc1ccccc1. The van der Waals surface area contributed by atoms with Crippen molar-refractivity contribution in [2.75, 3.05) is 5.32 Å². The van der Waals surface area contributed by atoms with E-state index in [1.54, 1.807) is 4.68 Å². The first-order valence-corrected chi connectivity index (χ1v) is 6.59. The van der Waals surface area contributed by atoms with Crippen LogP contribution in [0.5, 0.6) is 0 Å². The fraction of sp³-hybridized carbons (Fsp3) is 0.333. The van der Waals surface area contributed by atoms with Crippen molar-refractivity contribution in [3.05, 3.63) is 47.3 Å².